The Morgan fingerprint density at radius 2 is 1.87 bits per heavy atom. The number of likely N-dealkylation sites (tertiary alicyclic amines) is 1. The van der Waals surface area contributed by atoms with Crippen molar-refractivity contribution >= 4 is 73.5 Å². The van der Waals surface area contributed by atoms with E-state index in [1.807, 2.05) is 32.0 Å². The Kier molecular flexibility index (Phi) is 5.53. The lowest BCUT2D eigenvalue weighted by Gasteiger charge is -2.59. The number of halogens is 2. The maximum atomic E-state index is 12.9. The Bertz CT molecular complexity index is 1500. The molecule has 2 saturated heterocycles. The first kappa shape index (κ1) is 25.2. The van der Waals surface area contributed by atoms with Crippen LogP contribution in [-0.4, -0.2) is 56.0 Å². The largest absolute Gasteiger partial charge is 0.370 e. The summed E-state index contributed by atoms with van der Waals surface area (Å²) in [6.45, 7) is 8.76. The van der Waals surface area contributed by atoms with Crippen LogP contribution in [0.4, 0.5) is 5.69 Å². The molecule has 2 unspecified atom stereocenters. The Morgan fingerprint density at radius 1 is 1.18 bits per heavy atom. The van der Waals surface area contributed by atoms with Crippen molar-refractivity contribution in [3.63, 3.8) is 0 Å². The van der Waals surface area contributed by atoms with E-state index < -0.39 is 0 Å². The predicted molar refractivity (Wildman–Crippen MR) is 158 cm³/mol. The van der Waals surface area contributed by atoms with Crippen molar-refractivity contribution in [2.24, 2.45) is 22.7 Å². The quantitative estimate of drug-likeness (QED) is 0.151. The summed E-state index contributed by atoms with van der Waals surface area (Å²) in [5, 5.41) is 0.469. The molecule has 4 aliphatic rings. The lowest BCUT2D eigenvalue weighted by molar-refractivity contribution is -0.143. The number of thiophene rings is 1. The van der Waals surface area contributed by atoms with Crippen LogP contribution in [0.1, 0.15) is 37.1 Å². The Morgan fingerprint density at radius 3 is 2.53 bits per heavy atom. The SMILES string of the molecule is Cc1cc(Cl)nc(-c2ccnc3cc(CN4C(=O)C5C(C4=O)C5(C)C)sc23)c1N(C)C1CC2(C1)CN(I)C2. The number of fused-ring (bicyclic) bond motifs is 2. The highest BCUT2D eigenvalue weighted by molar-refractivity contribution is 14.1. The van der Waals surface area contributed by atoms with Gasteiger partial charge in [0.2, 0.25) is 11.8 Å². The maximum absolute atomic E-state index is 12.9. The number of carbonyl (C=O) groups excluding carboxylic acids is 2. The molecular weight excluding hydrogens is 633 g/mol. The Hall–Kier alpha value is -1.82. The molecule has 4 fully saturated rings. The van der Waals surface area contributed by atoms with Crippen LogP contribution in [0.2, 0.25) is 5.15 Å². The van der Waals surface area contributed by atoms with Gasteiger partial charge in [0.05, 0.1) is 40.0 Å². The van der Waals surface area contributed by atoms with Gasteiger partial charge in [-0.25, -0.2) is 8.10 Å². The average Bonchev–Trinajstić information content (AvgIpc) is 3.06. The fraction of sp³-hybridized carbons (Fsp3) is 0.500. The van der Waals surface area contributed by atoms with Crippen LogP contribution < -0.4 is 4.90 Å². The molecule has 2 aliphatic carbocycles. The second-order valence-corrected chi connectivity index (χ2v) is 15.1. The molecule has 7 rings (SSSR count). The van der Waals surface area contributed by atoms with E-state index in [0.717, 1.165) is 37.6 Å². The van der Waals surface area contributed by atoms with E-state index in [2.05, 4.69) is 49.8 Å². The van der Waals surface area contributed by atoms with Gasteiger partial charge >= 0.3 is 0 Å². The van der Waals surface area contributed by atoms with Crippen molar-refractivity contribution in [1.29, 1.82) is 0 Å². The molecule has 2 saturated carbocycles. The van der Waals surface area contributed by atoms with Gasteiger partial charge in [0, 0.05) is 71.1 Å². The lowest BCUT2D eigenvalue weighted by atomic mass is 9.61. The van der Waals surface area contributed by atoms with Gasteiger partial charge in [-0.15, -0.1) is 11.3 Å². The third-order valence-electron chi connectivity index (χ3n) is 9.33. The molecule has 0 radical (unpaired) electrons. The van der Waals surface area contributed by atoms with Crippen molar-refractivity contribution in [1.82, 2.24) is 18.0 Å². The molecule has 38 heavy (non-hydrogen) atoms. The first-order valence-corrected chi connectivity index (χ1v) is 15.2. The fourth-order valence-corrected chi connectivity index (χ4v) is 9.98. The molecule has 0 bridgehead atoms. The minimum absolute atomic E-state index is 0.0397. The first-order valence-electron chi connectivity index (χ1n) is 13.0. The number of rotatable bonds is 5. The van der Waals surface area contributed by atoms with Gasteiger partial charge in [-0.2, -0.15) is 0 Å². The highest BCUT2D eigenvalue weighted by Gasteiger charge is 2.72. The summed E-state index contributed by atoms with van der Waals surface area (Å²) in [6, 6.07) is 6.42. The zero-order valence-corrected chi connectivity index (χ0v) is 25.5. The zero-order chi connectivity index (χ0) is 26.7. The molecule has 7 nitrogen and oxygen atoms in total. The van der Waals surface area contributed by atoms with Crippen LogP contribution in [0.15, 0.2) is 24.4 Å². The average molecular weight is 662 g/mol. The molecule has 2 atom stereocenters. The summed E-state index contributed by atoms with van der Waals surface area (Å²) in [4.78, 5) is 40.1. The molecule has 2 aliphatic heterocycles. The number of aryl methyl sites for hydroxylation is 1. The van der Waals surface area contributed by atoms with Gasteiger partial charge in [-0.1, -0.05) is 25.4 Å². The number of pyridine rings is 2. The van der Waals surface area contributed by atoms with Gasteiger partial charge in [-0.05, 0) is 48.9 Å². The highest BCUT2D eigenvalue weighted by Crippen LogP contribution is 2.63. The van der Waals surface area contributed by atoms with Gasteiger partial charge in [0.1, 0.15) is 5.15 Å². The molecule has 2 amide bonds. The monoisotopic (exact) mass is 661 g/mol. The van der Waals surface area contributed by atoms with Crippen LogP contribution in [-0.2, 0) is 16.1 Å². The number of piperidine rings is 1. The van der Waals surface area contributed by atoms with E-state index >= 15 is 0 Å². The van der Waals surface area contributed by atoms with Gasteiger partial charge in [-0.3, -0.25) is 19.5 Å². The molecule has 3 aromatic heterocycles. The number of carbonyl (C=O) groups is 2. The summed E-state index contributed by atoms with van der Waals surface area (Å²) in [5.41, 5.74) is 5.17. The van der Waals surface area contributed by atoms with Crippen molar-refractivity contribution < 1.29 is 9.59 Å². The van der Waals surface area contributed by atoms with E-state index in [4.69, 9.17) is 16.6 Å². The summed E-state index contributed by atoms with van der Waals surface area (Å²) >= 11 is 10.5. The summed E-state index contributed by atoms with van der Waals surface area (Å²) in [7, 11) is 2.18. The number of amides is 2. The number of hydrogen-bond donors (Lipinski definition) is 0. The topological polar surface area (TPSA) is 69.6 Å². The summed E-state index contributed by atoms with van der Waals surface area (Å²) in [5.74, 6) is -0.412. The summed E-state index contributed by atoms with van der Waals surface area (Å²) < 4.78 is 3.37. The van der Waals surface area contributed by atoms with E-state index in [9.17, 15) is 9.59 Å². The Labute approximate surface area is 245 Å². The number of imide groups is 1. The summed E-state index contributed by atoms with van der Waals surface area (Å²) in [6.07, 6.45) is 4.19. The molecule has 5 heterocycles. The van der Waals surface area contributed by atoms with Crippen molar-refractivity contribution in [3.8, 4) is 11.3 Å². The minimum atomic E-state index is -0.202. The maximum Gasteiger partial charge on any atom is 0.234 e. The van der Waals surface area contributed by atoms with E-state index in [1.54, 1.807) is 17.5 Å². The molecule has 3 aromatic rings. The molecule has 10 heteroatoms. The number of hydrogen-bond acceptors (Lipinski definition) is 7. The van der Waals surface area contributed by atoms with Crippen LogP contribution in [0.3, 0.4) is 0 Å². The van der Waals surface area contributed by atoms with Crippen molar-refractivity contribution in [3.05, 3.63) is 40.0 Å². The standard InChI is InChI=1S/C28H29ClIN5O2S/c1-14-7-19(29)32-22(23(14)33(4)15-9-28(10-15)12-34(30)13-28)17-5-6-31-18-8-16(38-24(17)18)11-35-25(36)20-21(26(35)37)27(20,2)3/h5-8,15,20-21H,9-13H2,1-4H3. The number of nitrogens with zero attached hydrogens (tertiary/aromatic N) is 5. The predicted octanol–water partition coefficient (Wildman–Crippen LogP) is 5.71. The first-order chi connectivity index (χ1) is 18.0. The third-order valence-corrected chi connectivity index (χ3v) is 11.3. The fourth-order valence-electron chi connectivity index (χ4n) is 7.16. The van der Waals surface area contributed by atoms with Gasteiger partial charge in [0.25, 0.3) is 0 Å². The number of anilines is 1. The van der Waals surface area contributed by atoms with Crippen molar-refractivity contribution in [2.75, 3.05) is 25.0 Å². The number of aromatic nitrogens is 2. The normalized spacial score (nSPS) is 27.0. The molecule has 0 N–H and O–H groups in total. The molecular formula is C28H29ClIN5O2S. The lowest BCUT2D eigenvalue weighted by Crippen LogP contribution is -2.63. The van der Waals surface area contributed by atoms with Crippen LogP contribution in [0.5, 0.6) is 0 Å². The van der Waals surface area contributed by atoms with E-state index in [-0.39, 0.29) is 29.1 Å². The highest BCUT2D eigenvalue weighted by atomic mass is 127. The zero-order valence-electron chi connectivity index (χ0n) is 21.8. The van der Waals surface area contributed by atoms with Crippen LogP contribution >= 0.6 is 45.8 Å². The Balaban J connectivity index is 1.22. The molecule has 198 valence electrons. The van der Waals surface area contributed by atoms with Crippen LogP contribution in [0, 0.1) is 29.6 Å². The minimum Gasteiger partial charge on any atom is -0.370 e. The van der Waals surface area contributed by atoms with Crippen molar-refractivity contribution in [2.45, 2.75) is 46.2 Å². The smallest absolute Gasteiger partial charge is 0.234 e. The van der Waals surface area contributed by atoms with E-state index in [0.29, 0.717) is 23.2 Å². The van der Waals surface area contributed by atoms with Crippen LogP contribution in [0.25, 0.3) is 21.5 Å². The van der Waals surface area contributed by atoms with Gasteiger partial charge < -0.3 is 4.90 Å². The molecule has 1 spiro atoms. The van der Waals surface area contributed by atoms with Gasteiger partial charge in [0.15, 0.2) is 0 Å². The van der Waals surface area contributed by atoms with E-state index in [1.165, 1.54) is 30.8 Å². The second-order valence-electron chi connectivity index (χ2n) is 12.2. The second kappa shape index (κ2) is 8.34. The molecule has 0 aromatic carbocycles. The third kappa shape index (κ3) is 3.60.